The minimum atomic E-state index is -0.377. The Morgan fingerprint density at radius 2 is 1.64 bits per heavy atom. The van der Waals surface area contributed by atoms with Crippen molar-refractivity contribution in [1.29, 1.82) is 0 Å². The van der Waals surface area contributed by atoms with Gasteiger partial charge in [0.1, 0.15) is 18.1 Å². The number of halogens is 1. The maximum Gasteiger partial charge on any atom is 0.278 e. The van der Waals surface area contributed by atoms with Crippen LogP contribution in [0.15, 0.2) is 53.2 Å². The highest BCUT2D eigenvalue weighted by Gasteiger charge is 2.34. The van der Waals surface area contributed by atoms with Crippen molar-refractivity contribution in [2.45, 2.75) is 57.4 Å². The van der Waals surface area contributed by atoms with E-state index in [-0.39, 0.29) is 60.8 Å². The van der Waals surface area contributed by atoms with Crippen LogP contribution >= 0.6 is 11.6 Å². The van der Waals surface area contributed by atoms with Crippen molar-refractivity contribution in [1.82, 2.24) is 15.3 Å². The molecule has 1 fully saturated rings. The van der Waals surface area contributed by atoms with Crippen LogP contribution in [0, 0.1) is 5.92 Å². The molecule has 0 spiro atoms. The van der Waals surface area contributed by atoms with Gasteiger partial charge in [0.25, 0.3) is 11.8 Å². The molecule has 0 aromatic heterocycles. The quantitative estimate of drug-likeness (QED) is 0.129. The topological polar surface area (TPSA) is 131 Å². The number of rotatable bonds is 16. The highest BCUT2D eigenvalue weighted by molar-refractivity contribution is 6.19. The van der Waals surface area contributed by atoms with Crippen LogP contribution in [-0.2, 0) is 23.9 Å². The van der Waals surface area contributed by atoms with Crippen molar-refractivity contribution < 1.29 is 38.2 Å². The zero-order valence-corrected chi connectivity index (χ0v) is 33.1. The van der Waals surface area contributed by atoms with Crippen molar-refractivity contribution in [2.75, 3.05) is 78.6 Å². The van der Waals surface area contributed by atoms with Crippen LogP contribution in [0.1, 0.15) is 62.5 Å². The molecule has 0 radical (unpaired) electrons. The van der Waals surface area contributed by atoms with E-state index in [1.807, 2.05) is 43.3 Å². The number of hydrogen-bond donors (Lipinski definition) is 1. The maximum absolute atomic E-state index is 14.0. The van der Waals surface area contributed by atoms with E-state index in [1.165, 1.54) is 24.2 Å². The number of ether oxygens (including phenoxy) is 4. The Kier molecular flexibility index (Phi) is 15.8. The molecule has 55 heavy (non-hydrogen) atoms. The minimum Gasteiger partial charge on any atom is -0.493 e. The largest absolute Gasteiger partial charge is 0.493 e. The zero-order valence-electron chi connectivity index (χ0n) is 32.4. The number of benzene rings is 2. The van der Waals surface area contributed by atoms with E-state index in [2.05, 4.69) is 10.3 Å². The smallest absolute Gasteiger partial charge is 0.278 e. The number of carbonyl (C=O) groups excluding carboxylic acids is 3. The predicted octanol–water partition coefficient (Wildman–Crippen LogP) is 5.71. The summed E-state index contributed by atoms with van der Waals surface area (Å²) in [5.41, 5.74) is 2.68. The molecule has 4 bridgehead atoms. The van der Waals surface area contributed by atoms with Crippen molar-refractivity contribution in [3.05, 3.63) is 59.3 Å². The Morgan fingerprint density at radius 1 is 0.909 bits per heavy atom. The number of nitrogens with zero attached hydrogens (tertiary/aromatic N) is 4. The van der Waals surface area contributed by atoms with Gasteiger partial charge >= 0.3 is 0 Å². The Bertz CT molecular complexity index is 1700. The first kappa shape index (κ1) is 41.6. The lowest BCUT2D eigenvalue weighted by Crippen LogP contribution is -2.47. The second-order valence-corrected chi connectivity index (χ2v) is 14.3. The lowest BCUT2D eigenvalue weighted by molar-refractivity contribution is -0.166. The number of alkyl halides is 1. The average molecular weight is 780 g/mol. The monoisotopic (exact) mass is 779 g/mol. The summed E-state index contributed by atoms with van der Waals surface area (Å²) in [7, 11) is 6.95. The summed E-state index contributed by atoms with van der Waals surface area (Å²) < 4.78 is 23.0. The summed E-state index contributed by atoms with van der Waals surface area (Å²) in [4.78, 5) is 55.6. The molecule has 0 saturated heterocycles. The molecule has 1 aliphatic carbocycles. The van der Waals surface area contributed by atoms with E-state index in [0.717, 1.165) is 36.9 Å². The van der Waals surface area contributed by atoms with E-state index < -0.39 is 0 Å². The number of carbonyl (C=O) groups is 3. The average Bonchev–Trinajstić information content (AvgIpc) is 3.47. The van der Waals surface area contributed by atoms with Gasteiger partial charge in [-0.1, -0.05) is 31.1 Å². The van der Waals surface area contributed by atoms with Gasteiger partial charge in [-0.25, -0.2) is 4.99 Å². The van der Waals surface area contributed by atoms with Gasteiger partial charge in [0, 0.05) is 44.2 Å². The molecular formula is C41H54ClN5O8. The number of aliphatic imine (C=N–C) groups is 1. The standard InChI is InChI=1S/C41H54ClN5O8/c1-45(2)33-16-9-29(10-17-33)25-34-41(50)46-28-38(48)43-32-14-12-31(13-15-32)40(49)47(20-22-54-24-23-53-21-8-6-5-7-19-42)55-36-27-30(11-18-37(46)44-34)26-35(51-3)39(36)52-4/h9-11,16-18,25-27,31-32H,5-8,12-15,19-24,28H2,1-4H3,(H,43,48)/b18-11+,34-25-. The molecule has 3 aliphatic heterocycles. The number of unbranched alkanes of at least 4 members (excludes halogenated alkanes) is 3. The molecule has 2 aromatic carbocycles. The Labute approximate surface area is 329 Å². The Morgan fingerprint density at radius 3 is 2.33 bits per heavy atom. The summed E-state index contributed by atoms with van der Waals surface area (Å²) in [5, 5.41) is 4.43. The van der Waals surface area contributed by atoms with Crippen LogP contribution in [-0.4, -0.2) is 113 Å². The third kappa shape index (κ3) is 11.7. The van der Waals surface area contributed by atoms with Gasteiger partial charge in [-0.3, -0.25) is 19.3 Å². The van der Waals surface area contributed by atoms with Gasteiger partial charge < -0.3 is 34.0 Å². The first-order valence-electron chi connectivity index (χ1n) is 19.0. The molecule has 6 rings (SSSR count). The van der Waals surface area contributed by atoms with Gasteiger partial charge in [0.2, 0.25) is 17.4 Å². The predicted molar refractivity (Wildman–Crippen MR) is 214 cm³/mol. The minimum absolute atomic E-state index is 0.136. The first-order chi connectivity index (χ1) is 26.7. The number of fused-ring (bicyclic) bond motifs is 6. The fourth-order valence-corrected chi connectivity index (χ4v) is 6.89. The number of methoxy groups -OCH3 is 2. The van der Waals surface area contributed by atoms with Crippen LogP contribution in [0.5, 0.6) is 17.2 Å². The molecule has 298 valence electrons. The lowest BCUT2D eigenvalue weighted by atomic mass is 9.85. The van der Waals surface area contributed by atoms with E-state index >= 15 is 0 Å². The molecular weight excluding hydrogens is 726 g/mol. The molecule has 2 aromatic rings. The molecule has 13 nitrogen and oxygen atoms in total. The van der Waals surface area contributed by atoms with E-state index in [4.69, 9.17) is 35.4 Å². The second-order valence-electron chi connectivity index (χ2n) is 13.9. The molecule has 0 atom stereocenters. The van der Waals surface area contributed by atoms with Crippen molar-refractivity contribution in [2.24, 2.45) is 10.9 Å². The van der Waals surface area contributed by atoms with E-state index in [9.17, 15) is 14.4 Å². The molecule has 4 aliphatic rings. The second kappa shape index (κ2) is 20.9. The fraction of sp³-hybridized carbons (Fsp3) is 0.512. The molecule has 1 N–H and O–H groups in total. The van der Waals surface area contributed by atoms with Gasteiger partial charge in [0.05, 0.1) is 40.6 Å². The van der Waals surface area contributed by atoms with Crippen molar-refractivity contribution in [3.8, 4) is 17.2 Å². The summed E-state index contributed by atoms with van der Waals surface area (Å²) in [5.74, 6) is 0.791. The molecule has 3 heterocycles. The SMILES string of the molecule is COc1cc2cc(c1OC)ON(CCOCCOCCCCCCCl)C(=O)C1CCC(CC1)NC(=O)CN1C(=O)/C(=C/c3ccc(N(C)C)cc3)N=C1/C=C/2. The number of amides is 3. The van der Waals surface area contributed by atoms with E-state index in [0.29, 0.717) is 74.3 Å². The summed E-state index contributed by atoms with van der Waals surface area (Å²) in [6, 6.07) is 11.1. The normalized spacial score (nSPS) is 20.1. The number of hydroxylamine groups is 2. The van der Waals surface area contributed by atoms with Crippen molar-refractivity contribution >= 4 is 53.0 Å². The fourth-order valence-electron chi connectivity index (χ4n) is 6.71. The van der Waals surface area contributed by atoms with Crippen LogP contribution < -0.4 is 24.5 Å². The number of hydrogen-bond acceptors (Lipinski definition) is 10. The van der Waals surface area contributed by atoms with Gasteiger partial charge in [-0.05, 0) is 86.1 Å². The highest BCUT2D eigenvalue weighted by atomic mass is 35.5. The van der Waals surface area contributed by atoms with Crippen LogP contribution in [0.4, 0.5) is 5.69 Å². The highest BCUT2D eigenvalue weighted by Crippen LogP contribution is 2.40. The Hall–Kier alpha value is -4.59. The number of amidine groups is 1. The van der Waals surface area contributed by atoms with Crippen LogP contribution in [0.3, 0.4) is 0 Å². The first-order valence-corrected chi connectivity index (χ1v) is 19.6. The molecule has 3 amide bonds. The third-order valence-electron chi connectivity index (χ3n) is 9.76. The lowest BCUT2D eigenvalue weighted by Gasteiger charge is -2.32. The van der Waals surface area contributed by atoms with Crippen LogP contribution in [0.25, 0.3) is 12.2 Å². The van der Waals surface area contributed by atoms with Crippen LogP contribution in [0.2, 0.25) is 0 Å². The number of anilines is 1. The van der Waals surface area contributed by atoms with Gasteiger partial charge in [-0.15, -0.1) is 11.6 Å². The number of nitrogens with one attached hydrogen (secondary N) is 1. The van der Waals surface area contributed by atoms with E-state index in [1.54, 1.807) is 30.4 Å². The molecule has 14 heteroatoms. The summed E-state index contributed by atoms with van der Waals surface area (Å²) in [6.45, 7) is 1.70. The van der Waals surface area contributed by atoms with Crippen molar-refractivity contribution in [3.63, 3.8) is 0 Å². The summed E-state index contributed by atoms with van der Waals surface area (Å²) >= 11 is 5.75. The third-order valence-corrected chi connectivity index (χ3v) is 10.0. The Balaban J connectivity index is 1.39. The summed E-state index contributed by atoms with van der Waals surface area (Å²) in [6.07, 6.45) is 11.6. The van der Waals surface area contributed by atoms with Gasteiger partial charge in [0.15, 0.2) is 5.75 Å². The maximum atomic E-state index is 14.0. The molecule has 0 unspecified atom stereocenters. The zero-order chi connectivity index (χ0) is 39.2. The molecule has 1 saturated carbocycles. The van der Waals surface area contributed by atoms with Gasteiger partial charge in [-0.2, -0.15) is 5.06 Å².